The molecule has 0 atom stereocenters. The lowest BCUT2D eigenvalue weighted by Crippen LogP contribution is -2.20. The number of aromatic nitrogens is 1. The lowest BCUT2D eigenvalue weighted by Gasteiger charge is -2.17. The molecule has 1 aromatic heterocycles. The number of carbonyl (C=O) groups is 1. The summed E-state index contributed by atoms with van der Waals surface area (Å²) < 4.78 is 5.61. The van der Waals surface area contributed by atoms with Crippen LogP contribution >= 0.6 is 0 Å². The van der Waals surface area contributed by atoms with E-state index in [9.17, 15) is 4.79 Å². The van der Waals surface area contributed by atoms with Crippen LogP contribution in [0.15, 0.2) is 60.8 Å². The lowest BCUT2D eigenvalue weighted by molar-refractivity contribution is -0.118. The maximum atomic E-state index is 12.1. The summed E-state index contributed by atoms with van der Waals surface area (Å²) in [4.78, 5) is 18.8. The minimum Gasteiger partial charge on any atom is -0.484 e. The molecule has 1 amide bonds. The largest absolute Gasteiger partial charge is 0.484 e. The van der Waals surface area contributed by atoms with Gasteiger partial charge in [-0.3, -0.25) is 9.78 Å². The number of nitrogens with zero attached hydrogens (tertiary/aromatic N) is 2. The van der Waals surface area contributed by atoms with Crippen molar-refractivity contribution in [3.63, 3.8) is 0 Å². The molecule has 0 saturated carbocycles. The van der Waals surface area contributed by atoms with Crippen molar-refractivity contribution in [2.75, 3.05) is 29.9 Å². The van der Waals surface area contributed by atoms with E-state index >= 15 is 0 Å². The van der Waals surface area contributed by atoms with Gasteiger partial charge in [0, 0.05) is 36.0 Å². The third kappa shape index (κ3) is 3.77. The standard InChI is InChI=1S/C21H21N3O2/c25-21(15-26-19-9-10-20-16(14-19)4-3-11-22-20)23-17-5-7-18(8-6-17)24-12-1-2-13-24/h3-11,14H,1-2,12-13,15H2,(H,23,25). The lowest BCUT2D eigenvalue weighted by atomic mass is 10.2. The Kier molecular flexibility index (Phi) is 4.69. The van der Waals surface area contributed by atoms with Gasteiger partial charge in [0.25, 0.3) is 5.91 Å². The summed E-state index contributed by atoms with van der Waals surface area (Å²) in [6.07, 6.45) is 4.26. The van der Waals surface area contributed by atoms with Crippen LogP contribution in [0.2, 0.25) is 0 Å². The van der Waals surface area contributed by atoms with Crippen LogP contribution in [0.4, 0.5) is 11.4 Å². The monoisotopic (exact) mass is 347 g/mol. The Hall–Kier alpha value is -3.08. The van der Waals surface area contributed by atoms with Gasteiger partial charge in [-0.1, -0.05) is 6.07 Å². The van der Waals surface area contributed by atoms with Crippen molar-refractivity contribution in [1.29, 1.82) is 0 Å². The predicted octanol–water partition coefficient (Wildman–Crippen LogP) is 3.85. The van der Waals surface area contributed by atoms with Crippen LogP contribution in [0.25, 0.3) is 10.9 Å². The van der Waals surface area contributed by atoms with Crippen molar-refractivity contribution in [3.05, 3.63) is 60.8 Å². The van der Waals surface area contributed by atoms with Crippen molar-refractivity contribution in [2.24, 2.45) is 0 Å². The molecule has 2 heterocycles. The van der Waals surface area contributed by atoms with Gasteiger partial charge in [0.05, 0.1) is 5.52 Å². The number of amides is 1. The molecule has 1 fully saturated rings. The van der Waals surface area contributed by atoms with E-state index in [1.807, 2.05) is 42.5 Å². The fourth-order valence-electron chi connectivity index (χ4n) is 3.22. The first-order valence-electron chi connectivity index (χ1n) is 8.90. The molecule has 0 spiro atoms. The van der Waals surface area contributed by atoms with Crippen molar-refractivity contribution in [1.82, 2.24) is 4.98 Å². The van der Waals surface area contributed by atoms with E-state index in [2.05, 4.69) is 27.3 Å². The SMILES string of the molecule is O=C(COc1ccc2ncccc2c1)Nc1ccc(N2CCCC2)cc1. The number of nitrogens with one attached hydrogen (secondary N) is 1. The summed E-state index contributed by atoms with van der Waals surface area (Å²) in [7, 11) is 0. The van der Waals surface area contributed by atoms with E-state index < -0.39 is 0 Å². The zero-order valence-corrected chi connectivity index (χ0v) is 14.5. The van der Waals surface area contributed by atoms with Gasteiger partial charge in [-0.15, -0.1) is 0 Å². The number of hydrogen-bond donors (Lipinski definition) is 1. The van der Waals surface area contributed by atoms with Gasteiger partial charge in [0.2, 0.25) is 0 Å². The molecular weight excluding hydrogens is 326 g/mol. The highest BCUT2D eigenvalue weighted by molar-refractivity contribution is 5.92. The number of carbonyl (C=O) groups excluding carboxylic acids is 1. The van der Waals surface area contributed by atoms with Crippen molar-refractivity contribution < 1.29 is 9.53 Å². The first kappa shape index (κ1) is 16.4. The quantitative estimate of drug-likeness (QED) is 0.762. The fourth-order valence-corrected chi connectivity index (χ4v) is 3.22. The van der Waals surface area contributed by atoms with Crippen LogP contribution in [0, 0.1) is 0 Å². The first-order chi connectivity index (χ1) is 12.8. The number of benzene rings is 2. The summed E-state index contributed by atoms with van der Waals surface area (Å²) in [5.41, 5.74) is 2.90. The van der Waals surface area contributed by atoms with E-state index in [0.29, 0.717) is 5.75 Å². The highest BCUT2D eigenvalue weighted by atomic mass is 16.5. The van der Waals surface area contributed by atoms with Crippen molar-refractivity contribution >= 4 is 28.2 Å². The van der Waals surface area contributed by atoms with Crippen molar-refractivity contribution in [2.45, 2.75) is 12.8 Å². The average Bonchev–Trinajstić information content (AvgIpc) is 3.22. The van der Waals surface area contributed by atoms with Crippen LogP contribution in [-0.2, 0) is 4.79 Å². The molecule has 0 radical (unpaired) electrons. The molecule has 26 heavy (non-hydrogen) atoms. The third-order valence-corrected chi connectivity index (χ3v) is 4.57. The van der Waals surface area contributed by atoms with E-state index in [-0.39, 0.29) is 12.5 Å². The molecular formula is C21H21N3O2. The van der Waals surface area contributed by atoms with Crippen LogP contribution in [-0.4, -0.2) is 30.6 Å². The topological polar surface area (TPSA) is 54.5 Å². The van der Waals surface area contributed by atoms with Gasteiger partial charge in [0.1, 0.15) is 5.75 Å². The van der Waals surface area contributed by atoms with E-state index in [4.69, 9.17) is 4.74 Å². The second-order valence-corrected chi connectivity index (χ2v) is 6.44. The molecule has 3 aromatic rings. The molecule has 0 unspecified atom stereocenters. The molecule has 2 aromatic carbocycles. The van der Waals surface area contributed by atoms with Crippen LogP contribution in [0.1, 0.15) is 12.8 Å². The Morgan fingerprint density at radius 3 is 2.69 bits per heavy atom. The normalized spacial score (nSPS) is 13.8. The van der Waals surface area contributed by atoms with Gasteiger partial charge in [-0.05, 0) is 61.4 Å². The Morgan fingerprint density at radius 2 is 1.88 bits per heavy atom. The van der Waals surface area contributed by atoms with E-state index in [0.717, 1.165) is 29.7 Å². The average molecular weight is 347 g/mol. The smallest absolute Gasteiger partial charge is 0.262 e. The van der Waals surface area contributed by atoms with Crippen LogP contribution in [0.3, 0.4) is 0 Å². The molecule has 132 valence electrons. The van der Waals surface area contributed by atoms with E-state index in [1.54, 1.807) is 6.20 Å². The van der Waals surface area contributed by atoms with Gasteiger partial charge < -0.3 is 15.0 Å². The zero-order chi connectivity index (χ0) is 17.8. The van der Waals surface area contributed by atoms with Crippen LogP contribution < -0.4 is 15.0 Å². The Balaban J connectivity index is 1.33. The maximum Gasteiger partial charge on any atom is 0.262 e. The number of pyridine rings is 1. The maximum absolute atomic E-state index is 12.1. The zero-order valence-electron chi connectivity index (χ0n) is 14.5. The molecule has 0 bridgehead atoms. The number of hydrogen-bond acceptors (Lipinski definition) is 4. The van der Waals surface area contributed by atoms with E-state index in [1.165, 1.54) is 18.5 Å². The Labute approximate surface area is 152 Å². The summed E-state index contributed by atoms with van der Waals surface area (Å²) >= 11 is 0. The van der Waals surface area contributed by atoms with Gasteiger partial charge in [-0.2, -0.15) is 0 Å². The molecule has 5 nitrogen and oxygen atoms in total. The minimum absolute atomic E-state index is 0.0281. The Bertz CT molecular complexity index is 903. The third-order valence-electron chi connectivity index (χ3n) is 4.57. The second kappa shape index (κ2) is 7.44. The van der Waals surface area contributed by atoms with Gasteiger partial charge in [0.15, 0.2) is 6.61 Å². The van der Waals surface area contributed by atoms with Gasteiger partial charge in [-0.25, -0.2) is 0 Å². The number of ether oxygens (including phenoxy) is 1. The van der Waals surface area contributed by atoms with Gasteiger partial charge >= 0.3 is 0 Å². The molecule has 4 rings (SSSR count). The molecule has 0 aliphatic carbocycles. The molecule has 1 aliphatic heterocycles. The summed E-state index contributed by atoms with van der Waals surface area (Å²) in [6, 6.07) is 17.4. The second-order valence-electron chi connectivity index (χ2n) is 6.44. The molecule has 5 heteroatoms. The summed E-state index contributed by atoms with van der Waals surface area (Å²) in [5.74, 6) is 0.482. The minimum atomic E-state index is -0.176. The number of rotatable bonds is 5. The van der Waals surface area contributed by atoms with Crippen molar-refractivity contribution in [3.8, 4) is 5.75 Å². The van der Waals surface area contributed by atoms with Crippen LogP contribution in [0.5, 0.6) is 5.75 Å². The highest BCUT2D eigenvalue weighted by Gasteiger charge is 2.12. The number of anilines is 2. The number of fused-ring (bicyclic) bond motifs is 1. The highest BCUT2D eigenvalue weighted by Crippen LogP contribution is 2.22. The first-order valence-corrected chi connectivity index (χ1v) is 8.90. The fraction of sp³-hybridized carbons (Fsp3) is 0.238. The molecule has 1 saturated heterocycles. The summed E-state index contributed by atoms with van der Waals surface area (Å²) in [5, 5.41) is 3.86. The Morgan fingerprint density at radius 1 is 1.08 bits per heavy atom. The molecule has 1 aliphatic rings. The predicted molar refractivity (Wildman–Crippen MR) is 104 cm³/mol. The molecule has 1 N–H and O–H groups in total. The summed E-state index contributed by atoms with van der Waals surface area (Å²) in [6.45, 7) is 2.20.